The number of imide groups is 1. The van der Waals surface area contributed by atoms with E-state index in [-0.39, 0.29) is 23.2 Å². The number of pyridine rings is 4. The molecule has 70 heavy (non-hydrogen) atoms. The van der Waals surface area contributed by atoms with Crippen LogP contribution in [0.2, 0.25) is 5.15 Å². The molecule has 3 amide bonds. The zero-order valence-corrected chi connectivity index (χ0v) is 41.1. The monoisotopic (exact) mass is 966 g/mol. The van der Waals surface area contributed by atoms with E-state index in [4.69, 9.17) is 31.1 Å². The number of ether oxygens (including phenoxy) is 2. The Morgan fingerprint density at radius 3 is 1.93 bits per heavy atom. The predicted octanol–water partition coefficient (Wildman–Crippen LogP) is 7.43. The number of carbonyl (C=O) groups is 4. The topological polar surface area (TPSA) is 221 Å². The SMILES string of the molecule is CC(C)(C)OC(=O)N1Cc2c(c3ccc4cnc(Cl)cc4c3n2C(=O)OC(C)(C)C)C1=O.CN(C)c1ccc(-c2cc3c(ccc4c5c([nH]c43)CNC5=O)cn2)cn1.CN(C)c1ccc(B(O)O)cn1. The van der Waals surface area contributed by atoms with Gasteiger partial charge in [-0.2, -0.15) is 0 Å². The lowest BCUT2D eigenvalue weighted by Crippen LogP contribution is -2.37. The summed E-state index contributed by atoms with van der Waals surface area (Å²) in [6.07, 6.45) is 5.34. The molecular formula is C50H52BClN10O8. The van der Waals surface area contributed by atoms with Gasteiger partial charge in [0.15, 0.2) is 0 Å². The number of carbonyl (C=O) groups excluding carboxylic acids is 4. The molecule has 20 heteroatoms. The summed E-state index contributed by atoms with van der Waals surface area (Å²) in [5, 5.41) is 25.6. The number of aromatic amines is 1. The molecule has 0 atom stereocenters. The molecule has 0 bridgehead atoms. The summed E-state index contributed by atoms with van der Waals surface area (Å²) in [5.41, 5.74) is 4.52. The molecule has 6 aromatic heterocycles. The summed E-state index contributed by atoms with van der Waals surface area (Å²) in [7, 11) is 6.24. The second-order valence-electron chi connectivity index (χ2n) is 19.2. The molecule has 0 radical (unpaired) electrons. The van der Waals surface area contributed by atoms with Gasteiger partial charge in [-0.05, 0) is 71.9 Å². The molecule has 360 valence electrons. The van der Waals surface area contributed by atoms with Gasteiger partial charge in [0, 0.05) is 102 Å². The Morgan fingerprint density at radius 1 is 0.714 bits per heavy atom. The molecule has 8 aromatic rings. The van der Waals surface area contributed by atoms with Crippen molar-refractivity contribution in [1.29, 1.82) is 0 Å². The van der Waals surface area contributed by atoms with Crippen LogP contribution in [-0.2, 0) is 22.6 Å². The molecule has 0 spiro atoms. The number of fused-ring (bicyclic) bond motifs is 10. The molecule has 0 unspecified atom stereocenters. The van der Waals surface area contributed by atoms with Gasteiger partial charge >= 0.3 is 19.3 Å². The number of hydrogen-bond donors (Lipinski definition) is 4. The van der Waals surface area contributed by atoms with Crippen LogP contribution in [0, 0.1) is 0 Å². The highest BCUT2D eigenvalue weighted by Crippen LogP contribution is 2.39. The molecule has 18 nitrogen and oxygen atoms in total. The minimum Gasteiger partial charge on any atom is -0.443 e. The fourth-order valence-electron chi connectivity index (χ4n) is 8.10. The van der Waals surface area contributed by atoms with Crippen LogP contribution < -0.4 is 20.6 Å². The van der Waals surface area contributed by atoms with Crippen molar-refractivity contribution in [2.45, 2.75) is 65.8 Å². The molecule has 4 N–H and O–H groups in total. The van der Waals surface area contributed by atoms with Crippen molar-refractivity contribution in [1.82, 2.24) is 39.7 Å². The highest BCUT2D eigenvalue weighted by molar-refractivity contribution is 6.58. The van der Waals surface area contributed by atoms with Crippen molar-refractivity contribution in [2.75, 3.05) is 38.0 Å². The highest BCUT2D eigenvalue weighted by Gasteiger charge is 2.41. The molecule has 0 saturated heterocycles. The van der Waals surface area contributed by atoms with E-state index in [2.05, 4.69) is 36.3 Å². The number of hydrogen-bond acceptors (Lipinski definition) is 14. The maximum Gasteiger partial charge on any atom is 0.490 e. The number of anilines is 2. The summed E-state index contributed by atoms with van der Waals surface area (Å²) >= 11 is 6.13. The van der Waals surface area contributed by atoms with Crippen LogP contribution in [0.1, 0.15) is 73.6 Å². The van der Waals surface area contributed by atoms with Gasteiger partial charge in [0.2, 0.25) is 0 Å². The van der Waals surface area contributed by atoms with Gasteiger partial charge in [-0.25, -0.2) is 34.0 Å². The van der Waals surface area contributed by atoms with Crippen LogP contribution in [-0.4, -0.2) is 115 Å². The Labute approximate surface area is 408 Å². The van der Waals surface area contributed by atoms with E-state index in [0.717, 1.165) is 66.1 Å². The number of amides is 3. The Morgan fingerprint density at radius 2 is 1.33 bits per heavy atom. The lowest BCUT2D eigenvalue weighted by molar-refractivity contribution is 0.0241. The van der Waals surface area contributed by atoms with E-state index in [1.54, 1.807) is 78.1 Å². The lowest BCUT2D eigenvalue weighted by Gasteiger charge is -2.24. The second kappa shape index (κ2) is 18.7. The van der Waals surface area contributed by atoms with Gasteiger partial charge in [0.1, 0.15) is 28.0 Å². The van der Waals surface area contributed by atoms with Crippen LogP contribution in [0.5, 0.6) is 0 Å². The van der Waals surface area contributed by atoms with Crippen LogP contribution in [0.25, 0.3) is 54.6 Å². The van der Waals surface area contributed by atoms with Gasteiger partial charge in [-0.1, -0.05) is 41.9 Å². The van der Waals surface area contributed by atoms with E-state index in [1.165, 1.54) is 10.8 Å². The number of aromatic nitrogens is 6. The fraction of sp³-hybridized carbons (Fsp3) is 0.280. The number of H-pyrrole nitrogens is 1. The zero-order chi connectivity index (χ0) is 50.6. The number of benzene rings is 2. The van der Waals surface area contributed by atoms with Crippen molar-refractivity contribution >= 4 is 103 Å². The number of halogens is 1. The van der Waals surface area contributed by atoms with Crippen molar-refractivity contribution in [3.8, 4) is 11.3 Å². The summed E-state index contributed by atoms with van der Waals surface area (Å²) < 4.78 is 12.4. The molecule has 0 aliphatic carbocycles. The van der Waals surface area contributed by atoms with Gasteiger partial charge in [0.05, 0.1) is 46.6 Å². The summed E-state index contributed by atoms with van der Waals surface area (Å²) in [6, 6.07) is 18.6. The maximum atomic E-state index is 13.3. The number of nitrogens with one attached hydrogen (secondary N) is 2. The van der Waals surface area contributed by atoms with E-state index in [9.17, 15) is 19.2 Å². The lowest BCUT2D eigenvalue weighted by atomic mass is 9.82. The third-order valence-electron chi connectivity index (χ3n) is 11.3. The average Bonchev–Trinajstić information content (AvgIpc) is 4.05. The summed E-state index contributed by atoms with van der Waals surface area (Å²) in [4.78, 5) is 76.7. The Kier molecular flexibility index (Phi) is 13.1. The molecule has 2 aliphatic heterocycles. The molecule has 8 heterocycles. The van der Waals surface area contributed by atoms with Gasteiger partial charge in [-0.15, -0.1) is 0 Å². The van der Waals surface area contributed by atoms with Crippen molar-refractivity contribution in [3.05, 3.63) is 113 Å². The predicted molar refractivity (Wildman–Crippen MR) is 271 cm³/mol. The summed E-state index contributed by atoms with van der Waals surface area (Å²) in [5.74, 6) is 1.16. The minimum atomic E-state index is -1.44. The molecule has 0 saturated carbocycles. The van der Waals surface area contributed by atoms with Gasteiger partial charge in [-0.3, -0.25) is 14.6 Å². The van der Waals surface area contributed by atoms with Crippen LogP contribution in [0.15, 0.2) is 85.5 Å². The Bertz CT molecular complexity index is 3330. The molecule has 2 aliphatic rings. The van der Waals surface area contributed by atoms with E-state index in [0.29, 0.717) is 34.0 Å². The third-order valence-corrected chi connectivity index (χ3v) is 11.5. The van der Waals surface area contributed by atoms with E-state index < -0.39 is 36.4 Å². The number of nitrogens with zero attached hydrogens (tertiary/aromatic N) is 8. The highest BCUT2D eigenvalue weighted by atomic mass is 35.5. The first-order valence-corrected chi connectivity index (χ1v) is 22.6. The summed E-state index contributed by atoms with van der Waals surface area (Å²) in [6.45, 7) is 10.9. The van der Waals surface area contributed by atoms with Crippen LogP contribution in [0.3, 0.4) is 0 Å². The van der Waals surface area contributed by atoms with E-state index in [1.807, 2.05) is 74.6 Å². The minimum absolute atomic E-state index is 0.0108. The molecule has 0 fully saturated rings. The maximum absolute atomic E-state index is 13.3. The average molecular weight is 967 g/mol. The van der Waals surface area contributed by atoms with Crippen LogP contribution >= 0.6 is 11.6 Å². The normalized spacial score (nSPS) is 13.1. The van der Waals surface area contributed by atoms with Crippen molar-refractivity contribution < 1.29 is 38.7 Å². The fourth-order valence-corrected chi connectivity index (χ4v) is 8.26. The molecular weight excluding hydrogens is 915 g/mol. The third kappa shape index (κ3) is 9.81. The van der Waals surface area contributed by atoms with Crippen LogP contribution in [0.4, 0.5) is 21.2 Å². The first kappa shape index (κ1) is 48.8. The standard InChI is InChI=1S/C23H24ClN3O5.C20H17N5O.C7H11BN2O2/c1-22(2,3)31-20(29)26-11-15-17(19(26)28)13-8-7-12-10-25-16(24)9-14(12)18(13)27(15)21(30)32-23(4,5)6;1-25(2)17-6-4-12(9-22-17)15-7-14-11(8-21-15)3-5-13-18-16(24-19(13)14)10-23-20(18)26;1-10(2)7-4-3-6(5-9-7)8(11)12/h7-10H,11H2,1-6H3;3-9,24H,10H2,1-2H3,(H,23,26);3-5,11-12H,1-2H3. The van der Waals surface area contributed by atoms with Gasteiger partial charge in [0.25, 0.3) is 11.8 Å². The first-order valence-electron chi connectivity index (χ1n) is 22.2. The molecule has 2 aromatic carbocycles. The zero-order valence-electron chi connectivity index (χ0n) is 40.4. The smallest absolute Gasteiger partial charge is 0.443 e. The first-order chi connectivity index (χ1) is 33.0. The molecule has 10 rings (SSSR count). The van der Waals surface area contributed by atoms with Gasteiger partial charge < -0.3 is 39.6 Å². The van der Waals surface area contributed by atoms with E-state index >= 15 is 0 Å². The largest absolute Gasteiger partial charge is 0.490 e. The van der Waals surface area contributed by atoms with Crippen molar-refractivity contribution in [2.24, 2.45) is 0 Å². The number of rotatable bonds is 4. The Hall–Kier alpha value is -7.61. The Balaban J connectivity index is 0.000000155. The quantitative estimate of drug-likeness (QED) is 0.0996. The van der Waals surface area contributed by atoms with Crippen molar-refractivity contribution in [3.63, 3.8) is 0 Å². The second-order valence-corrected chi connectivity index (χ2v) is 19.5.